The van der Waals surface area contributed by atoms with Crippen LogP contribution in [0.15, 0.2) is 0 Å². The van der Waals surface area contributed by atoms with Crippen molar-refractivity contribution in [2.45, 2.75) is 73.3 Å². The highest BCUT2D eigenvalue weighted by molar-refractivity contribution is 5.83. The predicted molar refractivity (Wildman–Crippen MR) is 90.3 cm³/mol. The molecule has 1 fully saturated rings. The van der Waals surface area contributed by atoms with Crippen LogP contribution in [0.5, 0.6) is 0 Å². The van der Waals surface area contributed by atoms with Gasteiger partial charge < -0.3 is 10.2 Å². The smallest absolute Gasteiger partial charge is 0.240 e. The molecule has 0 aromatic heterocycles. The number of nitrogens with zero attached hydrogens (tertiary/aromatic N) is 1. The van der Waals surface area contributed by atoms with Crippen LogP contribution in [0.1, 0.15) is 67.2 Å². The molecule has 3 heteroatoms. The van der Waals surface area contributed by atoms with Crippen molar-refractivity contribution in [3.63, 3.8) is 0 Å². The Hall–Kier alpha value is -0.570. The highest BCUT2D eigenvalue weighted by Gasteiger charge is 2.39. The van der Waals surface area contributed by atoms with Gasteiger partial charge in [-0.15, -0.1) is 0 Å². The van der Waals surface area contributed by atoms with Crippen LogP contribution in [0.4, 0.5) is 0 Å². The lowest BCUT2D eigenvalue weighted by Gasteiger charge is -2.41. The molecule has 0 spiro atoms. The second kappa shape index (κ2) is 8.17. The summed E-state index contributed by atoms with van der Waals surface area (Å²) in [5, 5.41) is 3.47. The molecule has 1 N–H and O–H groups in total. The van der Waals surface area contributed by atoms with E-state index < -0.39 is 0 Å². The molecule has 124 valence electrons. The van der Waals surface area contributed by atoms with Crippen LogP contribution in [0, 0.1) is 17.3 Å². The molecule has 0 aromatic rings. The summed E-state index contributed by atoms with van der Waals surface area (Å²) in [6.07, 6.45) is 4.50. The zero-order valence-electron chi connectivity index (χ0n) is 15.0. The van der Waals surface area contributed by atoms with Crippen LogP contribution < -0.4 is 5.32 Å². The molecule has 3 nitrogen and oxygen atoms in total. The van der Waals surface area contributed by atoms with Gasteiger partial charge in [0.05, 0.1) is 6.04 Å². The SMILES string of the molecule is CC(C)CCN(CCC(C)C)C(=O)C1NCCCC1(C)C. The van der Waals surface area contributed by atoms with Gasteiger partial charge >= 0.3 is 0 Å². The molecule has 0 aromatic carbocycles. The maximum absolute atomic E-state index is 13.0. The molecule has 1 saturated heterocycles. The van der Waals surface area contributed by atoms with Gasteiger partial charge in [-0.25, -0.2) is 0 Å². The van der Waals surface area contributed by atoms with Crippen LogP contribution in [0.2, 0.25) is 0 Å². The molecule has 0 saturated carbocycles. The van der Waals surface area contributed by atoms with E-state index in [9.17, 15) is 4.79 Å². The Morgan fingerprint density at radius 2 is 1.67 bits per heavy atom. The number of piperidine rings is 1. The van der Waals surface area contributed by atoms with Gasteiger partial charge in [-0.1, -0.05) is 41.5 Å². The summed E-state index contributed by atoms with van der Waals surface area (Å²) in [5.41, 5.74) is 0.0727. The van der Waals surface area contributed by atoms with E-state index in [-0.39, 0.29) is 11.5 Å². The number of nitrogens with one attached hydrogen (secondary N) is 1. The lowest BCUT2D eigenvalue weighted by molar-refractivity contribution is -0.137. The van der Waals surface area contributed by atoms with Crippen molar-refractivity contribution in [3.05, 3.63) is 0 Å². The Balaban J connectivity index is 2.72. The van der Waals surface area contributed by atoms with Crippen molar-refractivity contribution < 1.29 is 4.79 Å². The Labute approximate surface area is 131 Å². The van der Waals surface area contributed by atoms with E-state index in [0.29, 0.717) is 17.7 Å². The fraction of sp³-hybridized carbons (Fsp3) is 0.944. The lowest BCUT2D eigenvalue weighted by Crippen LogP contribution is -2.57. The maximum atomic E-state index is 13.0. The molecule has 1 rings (SSSR count). The summed E-state index contributed by atoms with van der Waals surface area (Å²) >= 11 is 0. The first-order valence-electron chi connectivity index (χ1n) is 8.76. The third kappa shape index (κ3) is 5.98. The predicted octanol–water partition coefficient (Wildman–Crippen LogP) is 3.69. The molecule has 1 heterocycles. The second-order valence-corrected chi connectivity index (χ2v) is 8.17. The van der Waals surface area contributed by atoms with Crippen molar-refractivity contribution in [1.29, 1.82) is 0 Å². The summed E-state index contributed by atoms with van der Waals surface area (Å²) in [5.74, 6) is 1.61. The van der Waals surface area contributed by atoms with Gasteiger partial charge in [0, 0.05) is 13.1 Å². The minimum absolute atomic E-state index is 0.00873. The molecule has 1 amide bonds. The Morgan fingerprint density at radius 1 is 1.14 bits per heavy atom. The Kier molecular flexibility index (Phi) is 7.19. The standard InChI is InChI=1S/C18H36N2O/c1-14(2)8-12-20(13-9-15(3)4)17(21)16-18(5,6)10-7-11-19-16/h14-16,19H,7-13H2,1-6H3. The first-order chi connectivity index (χ1) is 9.74. The zero-order chi connectivity index (χ0) is 16.0. The normalized spacial score (nSPS) is 21.8. The molecule has 1 unspecified atom stereocenters. The third-order valence-corrected chi connectivity index (χ3v) is 4.64. The molecule has 0 radical (unpaired) electrons. The number of hydrogen-bond donors (Lipinski definition) is 1. The topological polar surface area (TPSA) is 32.3 Å². The first-order valence-corrected chi connectivity index (χ1v) is 8.76. The molecule has 0 bridgehead atoms. The van der Waals surface area contributed by atoms with E-state index in [1.165, 1.54) is 6.42 Å². The summed E-state index contributed by atoms with van der Waals surface area (Å²) in [6.45, 7) is 16.1. The van der Waals surface area contributed by atoms with Crippen LogP contribution in [-0.2, 0) is 4.79 Å². The molecule has 1 atom stereocenters. The molecule has 1 aliphatic heterocycles. The molecule has 1 aliphatic rings. The van der Waals surface area contributed by atoms with Crippen LogP contribution in [0.25, 0.3) is 0 Å². The number of hydrogen-bond acceptors (Lipinski definition) is 2. The lowest BCUT2D eigenvalue weighted by atomic mass is 9.77. The summed E-state index contributed by atoms with van der Waals surface area (Å²) in [6, 6.07) is -0.00873. The van der Waals surface area contributed by atoms with Gasteiger partial charge in [-0.2, -0.15) is 0 Å². The molecular weight excluding hydrogens is 260 g/mol. The number of carbonyl (C=O) groups excluding carboxylic acids is 1. The number of rotatable bonds is 7. The van der Waals surface area contributed by atoms with E-state index in [1.807, 2.05) is 0 Å². The monoisotopic (exact) mass is 296 g/mol. The summed E-state index contributed by atoms with van der Waals surface area (Å²) in [7, 11) is 0. The zero-order valence-corrected chi connectivity index (χ0v) is 15.0. The third-order valence-electron chi connectivity index (χ3n) is 4.64. The average Bonchev–Trinajstić information content (AvgIpc) is 2.37. The molecule has 21 heavy (non-hydrogen) atoms. The number of carbonyl (C=O) groups is 1. The van der Waals surface area contributed by atoms with Crippen LogP contribution in [-0.4, -0.2) is 36.5 Å². The summed E-state index contributed by atoms with van der Waals surface area (Å²) in [4.78, 5) is 15.1. The Bertz CT molecular complexity index is 311. The Morgan fingerprint density at radius 3 is 2.10 bits per heavy atom. The van der Waals surface area contributed by atoms with E-state index in [4.69, 9.17) is 0 Å². The van der Waals surface area contributed by atoms with Crippen molar-refractivity contribution in [3.8, 4) is 0 Å². The first kappa shape index (κ1) is 18.5. The highest BCUT2D eigenvalue weighted by Crippen LogP contribution is 2.31. The highest BCUT2D eigenvalue weighted by atomic mass is 16.2. The van der Waals surface area contributed by atoms with Gasteiger partial charge in [0.2, 0.25) is 5.91 Å². The van der Waals surface area contributed by atoms with Crippen LogP contribution >= 0.6 is 0 Å². The minimum Gasteiger partial charge on any atom is -0.341 e. The summed E-state index contributed by atoms with van der Waals surface area (Å²) < 4.78 is 0. The second-order valence-electron chi connectivity index (χ2n) is 8.17. The van der Waals surface area contributed by atoms with E-state index in [1.54, 1.807) is 0 Å². The maximum Gasteiger partial charge on any atom is 0.240 e. The van der Waals surface area contributed by atoms with Crippen LogP contribution in [0.3, 0.4) is 0 Å². The minimum atomic E-state index is -0.00873. The molecular formula is C18H36N2O. The van der Waals surface area contributed by atoms with Gasteiger partial charge in [0.15, 0.2) is 0 Å². The average molecular weight is 296 g/mol. The van der Waals surface area contributed by atoms with Crippen molar-refractivity contribution >= 4 is 5.91 Å². The van der Waals surface area contributed by atoms with E-state index in [2.05, 4.69) is 51.8 Å². The van der Waals surface area contributed by atoms with Gasteiger partial charge in [0.25, 0.3) is 0 Å². The van der Waals surface area contributed by atoms with E-state index in [0.717, 1.165) is 38.9 Å². The van der Waals surface area contributed by atoms with Crippen molar-refractivity contribution in [2.75, 3.05) is 19.6 Å². The van der Waals surface area contributed by atoms with Crippen molar-refractivity contribution in [2.24, 2.45) is 17.3 Å². The number of amides is 1. The fourth-order valence-corrected chi connectivity index (χ4v) is 2.98. The molecule has 0 aliphatic carbocycles. The van der Waals surface area contributed by atoms with Gasteiger partial charge in [-0.3, -0.25) is 4.79 Å². The van der Waals surface area contributed by atoms with Crippen molar-refractivity contribution in [1.82, 2.24) is 10.2 Å². The van der Waals surface area contributed by atoms with E-state index >= 15 is 0 Å². The fourth-order valence-electron chi connectivity index (χ4n) is 2.98. The largest absolute Gasteiger partial charge is 0.341 e. The van der Waals surface area contributed by atoms with Gasteiger partial charge in [-0.05, 0) is 49.5 Å². The quantitative estimate of drug-likeness (QED) is 0.777. The van der Waals surface area contributed by atoms with Gasteiger partial charge in [0.1, 0.15) is 0 Å².